The van der Waals surface area contributed by atoms with E-state index >= 15 is 0 Å². The summed E-state index contributed by atoms with van der Waals surface area (Å²) in [6.07, 6.45) is 4.96. The van der Waals surface area contributed by atoms with E-state index in [0.29, 0.717) is 17.1 Å². The van der Waals surface area contributed by atoms with E-state index < -0.39 is 0 Å². The van der Waals surface area contributed by atoms with E-state index in [-0.39, 0.29) is 17.9 Å². The molecule has 1 aromatic carbocycles. The van der Waals surface area contributed by atoms with Crippen molar-refractivity contribution in [1.82, 2.24) is 5.32 Å². The monoisotopic (exact) mass is 269 g/mol. The van der Waals surface area contributed by atoms with E-state index in [2.05, 4.69) is 5.32 Å². The van der Waals surface area contributed by atoms with Gasteiger partial charge in [0.15, 0.2) is 0 Å². The van der Waals surface area contributed by atoms with Crippen molar-refractivity contribution in [1.29, 1.82) is 0 Å². The number of halogens is 1. The van der Waals surface area contributed by atoms with Crippen molar-refractivity contribution in [3.8, 4) is 5.75 Å². The molecule has 1 aliphatic carbocycles. The zero-order chi connectivity index (χ0) is 13.0. The molecule has 0 amide bonds. The number of hydrogen-bond donors (Lipinski definition) is 3. The molecule has 2 rings (SSSR count). The number of aliphatic hydroxyl groups is 1. The molecule has 4 heteroatoms. The minimum atomic E-state index is -0.294. The van der Waals surface area contributed by atoms with Gasteiger partial charge in [0.1, 0.15) is 5.75 Å². The number of benzene rings is 1. The van der Waals surface area contributed by atoms with Gasteiger partial charge in [-0.3, -0.25) is 0 Å². The summed E-state index contributed by atoms with van der Waals surface area (Å²) in [5, 5.41) is 23.6. The van der Waals surface area contributed by atoms with Gasteiger partial charge in [-0.05, 0) is 25.0 Å². The van der Waals surface area contributed by atoms with Crippen molar-refractivity contribution < 1.29 is 10.2 Å². The van der Waals surface area contributed by atoms with Crippen LogP contribution in [0.3, 0.4) is 0 Å². The van der Waals surface area contributed by atoms with E-state index in [4.69, 9.17) is 11.6 Å². The highest BCUT2D eigenvalue weighted by Crippen LogP contribution is 2.26. The lowest BCUT2D eigenvalue weighted by molar-refractivity contribution is 0.119. The first-order chi connectivity index (χ1) is 8.68. The van der Waals surface area contributed by atoms with Gasteiger partial charge in [-0.2, -0.15) is 0 Å². The highest BCUT2D eigenvalue weighted by Gasteiger charge is 2.21. The van der Waals surface area contributed by atoms with Crippen LogP contribution in [0, 0.1) is 0 Å². The maximum Gasteiger partial charge on any atom is 0.121 e. The van der Waals surface area contributed by atoms with E-state index in [0.717, 1.165) is 25.7 Å². The van der Waals surface area contributed by atoms with Gasteiger partial charge in [0.05, 0.1) is 6.10 Å². The smallest absolute Gasteiger partial charge is 0.121 e. The lowest BCUT2D eigenvalue weighted by Crippen LogP contribution is -2.38. The summed E-state index contributed by atoms with van der Waals surface area (Å²) in [5.41, 5.74) is 0.704. The van der Waals surface area contributed by atoms with Gasteiger partial charge in [-0.25, -0.2) is 0 Å². The Balaban J connectivity index is 1.98. The number of phenolic OH excluding ortho intramolecular Hbond substituents is 1. The van der Waals surface area contributed by atoms with Gasteiger partial charge in [0.25, 0.3) is 0 Å². The van der Waals surface area contributed by atoms with Crippen molar-refractivity contribution in [3.63, 3.8) is 0 Å². The highest BCUT2D eigenvalue weighted by atomic mass is 35.5. The topological polar surface area (TPSA) is 52.5 Å². The van der Waals surface area contributed by atoms with Gasteiger partial charge in [-0.1, -0.05) is 36.9 Å². The predicted molar refractivity (Wildman–Crippen MR) is 72.8 cm³/mol. The van der Waals surface area contributed by atoms with Crippen LogP contribution >= 0.6 is 11.6 Å². The van der Waals surface area contributed by atoms with Gasteiger partial charge >= 0.3 is 0 Å². The maximum absolute atomic E-state index is 10.0. The molecule has 2 unspecified atom stereocenters. The largest absolute Gasteiger partial charge is 0.508 e. The second-order valence-electron chi connectivity index (χ2n) is 4.93. The molecule has 0 bridgehead atoms. The Morgan fingerprint density at radius 2 is 2.00 bits per heavy atom. The molecule has 0 radical (unpaired) electrons. The normalized spacial score (nSPS) is 24.8. The summed E-state index contributed by atoms with van der Waals surface area (Å²) in [7, 11) is 0. The molecule has 1 saturated carbocycles. The Kier molecular flexibility index (Phi) is 4.87. The zero-order valence-electron chi connectivity index (χ0n) is 10.4. The SMILES string of the molecule is Oc1cccc(Cl)c1CNC1CCCCCC1O. The first-order valence-electron chi connectivity index (χ1n) is 6.56. The quantitative estimate of drug-likeness (QED) is 0.740. The molecule has 0 heterocycles. The lowest BCUT2D eigenvalue weighted by Gasteiger charge is -2.22. The second-order valence-corrected chi connectivity index (χ2v) is 5.34. The Morgan fingerprint density at radius 3 is 2.78 bits per heavy atom. The molecule has 3 nitrogen and oxygen atoms in total. The average Bonchev–Trinajstić information content (AvgIpc) is 2.54. The zero-order valence-corrected chi connectivity index (χ0v) is 11.2. The standard InChI is InChI=1S/C14H20ClNO2/c15-11-5-4-8-13(17)10(11)9-16-12-6-2-1-3-7-14(12)18/h4-5,8,12,14,16-18H,1-3,6-7,9H2. The second kappa shape index (κ2) is 6.41. The van der Waals surface area contributed by atoms with Gasteiger partial charge in [0.2, 0.25) is 0 Å². The third-order valence-electron chi connectivity index (χ3n) is 3.61. The molecule has 0 aromatic heterocycles. The summed E-state index contributed by atoms with van der Waals surface area (Å²) in [5.74, 6) is 0.207. The van der Waals surface area contributed by atoms with E-state index in [1.807, 2.05) is 0 Å². The molecular weight excluding hydrogens is 250 g/mol. The number of phenols is 1. The summed E-state index contributed by atoms with van der Waals surface area (Å²) in [4.78, 5) is 0. The van der Waals surface area contributed by atoms with Gasteiger partial charge < -0.3 is 15.5 Å². The van der Waals surface area contributed by atoms with E-state index in [1.54, 1.807) is 18.2 Å². The average molecular weight is 270 g/mol. The Hall–Kier alpha value is -0.770. The van der Waals surface area contributed by atoms with Crippen molar-refractivity contribution in [3.05, 3.63) is 28.8 Å². The summed E-state index contributed by atoms with van der Waals surface area (Å²) < 4.78 is 0. The lowest BCUT2D eigenvalue weighted by atomic mass is 10.1. The Labute approximate surface area is 113 Å². The molecule has 3 N–H and O–H groups in total. The number of rotatable bonds is 3. The predicted octanol–water partition coefficient (Wildman–Crippen LogP) is 2.83. The molecular formula is C14H20ClNO2. The van der Waals surface area contributed by atoms with Gasteiger partial charge in [0, 0.05) is 23.2 Å². The van der Waals surface area contributed by atoms with Crippen LogP contribution in [-0.4, -0.2) is 22.4 Å². The molecule has 1 aliphatic rings. The number of hydrogen-bond acceptors (Lipinski definition) is 3. The molecule has 100 valence electrons. The fourth-order valence-electron chi connectivity index (χ4n) is 2.48. The van der Waals surface area contributed by atoms with Crippen molar-refractivity contribution in [2.75, 3.05) is 0 Å². The summed E-state index contributed by atoms with van der Waals surface area (Å²) in [6.45, 7) is 0.493. The van der Waals surface area contributed by atoms with Crippen LogP contribution in [0.15, 0.2) is 18.2 Å². The molecule has 0 aliphatic heterocycles. The summed E-state index contributed by atoms with van der Waals surface area (Å²) in [6, 6.07) is 5.22. The van der Waals surface area contributed by atoms with Crippen LogP contribution in [0.25, 0.3) is 0 Å². The van der Waals surface area contributed by atoms with Crippen LogP contribution in [0.5, 0.6) is 5.75 Å². The van der Waals surface area contributed by atoms with Crippen LogP contribution in [0.2, 0.25) is 5.02 Å². The van der Waals surface area contributed by atoms with Crippen molar-refractivity contribution >= 4 is 11.6 Å². The van der Waals surface area contributed by atoms with E-state index in [1.165, 1.54) is 6.42 Å². The molecule has 18 heavy (non-hydrogen) atoms. The molecule has 1 aromatic rings. The van der Waals surface area contributed by atoms with Crippen LogP contribution < -0.4 is 5.32 Å². The Morgan fingerprint density at radius 1 is 1.22 bits per heavy atom. The van der Waals surface area contributed by atoms with E-state index in [9.17, 15) is 10.2 Å². The highest BCUT2D eigenvalue weighted by molar-refractivity contribution is 6.31. The molecule has 0 spiro atoms. The van der Waals surface area contributed by atoms with Crippen LogP contribution in [-0.2, 0) is 6.54 Å². The number of aliphatic hydroxyl groups excluding tert-OH is 1. The number of aromatic hydroxyl groups is 1. The summed E-state index contributed by atoms with van der Waals surface area (Å²) >= 11 is 6.05. The van der Waals surface area contributed by atoms with Crippen LogP contribution in [0.1, 0.15) is 37.7 Å². The molecule has 2 atom stereocenters. The number of nitrogens with one attached hydrogen (secondary N) is 1. The first kappa shape index (κ1) is 13.7. The van der Waals surface area contributed by atoms with Crippen molar-refractivity contribution in [2.24, 2.45) is 0 Å². The minimum absolute atomic E-state index is 0.100. The van der Waals surface area contributed by atoms with Crippen LogP contribution in [0.4, 0.5) is 0 Å². The molecule has 1 fully saturated rings. The fourth-order valence-corrected chi connectivity index (χ4v) is 2.72. The maximum atomic E-state index is 10.0. The van der Waals surface area contributed by atoms with Crippen molar-refractivity contribution in [2.45, 2.75) is 50.8 Å². The Bertz CT molecular complexity index is 377. The minimum Gasteiger partial charge on any atom is -0.508 e. The van der Waals surface area contributed by atoms with Gasteiger partial charge in [-0.15, -0.1) is 0 Å². The third-order valence-corrected chi connectivity index (χ3v) is 3.97. The third kappa shape index (κ3) is 3.37. The molecule has 0 saturated heterocycles. The first-order valence-corrected chi connectivity index (χ1v) is 6.94. The fraction of sp³-hybridized carbons (Fsp3) is 0.571.